The molecule has 6 nitrogen and oxygen atoms in total. The van der Waals surface area contributed by atoms with Gasteiger partial charge in [-0.15, -0.1) is 0 Å². The second-order valence-corrected chi connectivity index (χ2v) is 11.3. The van der Waals surface area contributed by atoms with E-state index in [9.17, 15) is 4.79 Å². The third-order valence-electron chi connectivity index (χ3n) is 7.28. The number of nitrogens with one attached hydrogen (secondary N) is 1. The van der Waals surface area contributed by atoms with Crippen molar-refractivity contribution in [2.24, 2.45) is 9.98 Å². The molecule has 0 unspecified atom stereocenters. The predicted octanol–water partition coefficient (Wildman–Crippen LogP) is 7.37. The third-order valence-corrected chi connectivity index (χ3v) is 7.91. The average Bonchev–Trinajstić information content (AvgIpc) is 3.31. The molecule has 188 valence electrons. The van der Waals surface area contributed by atoms with Gasteiger partial charge in [-0.2, -0.15) is 0 Å². The van der Waals surface area contributed by atoms with Gasteiger partial charge in [-0.05, 0) is 51.0 Å². The number of fused-ring (bicyclic) bond motifs is 2. The van der Waals surface area contributed by atoms with Gasteiger partial charge >= 0.3 is 0 Å². The number of carbonyl (C=O) groups is 1. The number of aliphatic imine (C=N–C) groups is 2. The summed E-state index contributed by atoms with van der Waals surface area (Å²) in [6.07, 6.45) is 5.70. The Balaban J connectivity index is 1.45. The van der Waals surface area contributed by atoms with Gasteiger partial charge in [0, 0.05) is 67.6 Å². The number of aryl methyl sites for hydroxylation is 2. The number of nitrogens with zero attached hydrogens (tertiary/aromatic N) is 4. The summed E-state index contributed by atoms with van der Waals surface area (Å²) in [5, 5.41) is 4.75. The summed E-state index contributed by atoms with van der Waals surface area (Å²) in [6, 6.07) is 7.74. The van der Waals surface area contributed by atoms with Gasteiger partial charge in [-0.3, -0.25) is 9.79 Å². The Morgan fingerprint density at radius 2 is 1.54 bits per heavy atom. The average molecular weight is 532 g/mol. The SMILES string of the molecule is Cc1ccc(Cl)c2c1N=C(c1cnc(/N=C/C(C=O)=C3\Nc4c(C)ccc(Cl)c4C3(C)C)nc1)C2(C)C. The molecule has 0 fully saturated rings. The lowest BCUT2D eigenvalue weighted by Gasteiger charge is -2.23. The van der Waals surface area contributed by atoms with E-state index in [1.54, 1.807) is 12.4 Å². The molecule has 8 heteroatoms. The van der Waals surface area contributed by atoms with Crippen LogP contribution in [0.4, 0.5) is 17.3 Å². The van der Waals surface area contributed by atoms with Gasteiger partial charge in [0.15, 0.2) is 6.29 Å². The quantitative estimate of drug-likeness (QED) is 0.216. The lowest BCUT2D eigenvalue weighted by molar-refractivity contribution is -0.104. The van der Waals surface area contributed by atoms with Crippen molar-refractivity contribution < 1.29 is 4.79 Å². The minimum absolute atomic E-state index is 0.245. The van der Waals surface area contributed by atoms with Crippen LogP contribution in [-0.4, -0.2) is 28.2 Å². The largest absolute Gasteiger partial charge is 0.357 e. The lowest BCUT2D eigenvalue weighted by Crippen LogP contribution is -2.27. The highest BCUT2D eigenvalue weighted by Gasteiger charge is 2.40. The number of carbonyl (C=O) groups excluding carboxylic acids is 1. The van der Waals surface area contributed by atoms with Crippen LogP contribution in [0.5, 0.6) is 0 Å². The summed E-state index contributed by atoms with van der Waals surface area (Å²) in [5.74, 6) is 0.245. The summed E-state index contributed by atoms with van der Waals surface area (Å²) in [5.41, 5.74) is 7.84. The first kappa shape index (κ1) is 25.3. The number of aromatic nitrogens is 2. The number of allylic oxidation sites excluding steroid dienone is 2. The molecule has 0 saturated heterocycles. The van der Waals surface area contributed by atoms with Crippen molar-refractivity contribution in [1.82, 2.24) is 9.97 Å². The van der Waals surface area contributed by atoms with Crippen LogP contribution in [0.1, 0.15) is 55.5 Å². The molecule has 37 heavy (non-hydrogen) atoms. The van der Waals surface area contributed by atoms with Crippen molar-refractivity contribution in [2.45, 2.75) is 52.4 Å². The summed E-state index contributed by atoms with van der Waals surface area (Å²) >= 11 is 13.1. The molecule has 0 aliphatic carbocycles. The summed E-state index contributed by atoms with van der Waals surface area (Å²) in [4.78, 5) is 30.2. The van der Waals surface area contributed by atoms with Crippen LogP contribution in [0.3, 0.4) is 0 Å². The molecular weight excluding hydrogens is 505 g/mol. The van der Waals surface area contributed by atoms with Crippen LogP contribution >= 0.6 is 23.2 Å². The van der Waals surface area contributed by atoms with E-state index in [1.807, 2.05) is 52.0 Å². The first-order valence-electron chi connectivity index (χ1n) is 12.0. The second-order valence-electron chi connectivity index (χ2n) is 10.5. The highest BCUT2D eigenvalue weighted by molar-refractivity contribution is 6.33. The van der Waals surface area contributed by atoms with Crippen LogP contribution in [0.15, 0.2) is 57.9 Å². The summed E-state index contributed by atoms with van der Waals surface area (Å²) < 4.78 is 0. The molecule has 0 saturated carbocycles. The molecule has 0 radical (unpaired) electrons. The number of hydrogen-bond donors (Lipinski definition) is 1. The maximum absolute atomic E-state index is 12.1. The van der Waals surface area contributed by atoms with Crippen LogP contribution in [0.2, 0.25) is 10.0 Å². The Morgan fingerprint density at radius 3 is 2.14 bits per heavy atom. The second kappa shape index (κ2) is 8.89. The molecule has 2 aliphatic rings. The van der Waals surface area contributed by atoms with Crippen LogP contribution in [0.25, 0.3) is 0 Å². The van der Waals surface area contributed by atoms with Gasteiger partial charge in [-0.1, -0.05) is 49.2 Å². The number of rotatable bonds is 4. The fraction of sp³-hybridized carbons (Fsp3) is 0.276. The van der Waals surface area contributed by atoms with Gasteiger partial charge in [0.25, 0.3) is 0 Å². The molecule has 0 amide bonds. The molecule has 0 bridgehead atoms. The van der Waals surface area contributed by atoms with Crippen molar-refractivity contribution in [3.63, 3.8) is 0 Å². The maximum Gasteiger partial charge on any atom is 0.249 e. The van der Waals surface area contributed by atoms with E-state index in [1.165, 1.54) is 6.21 Å². The zero-order valence-corrected chi connectivity index (χ0v) is 23.1. The van der Waals surface area contributed by atoms with E-state index in [4.69, 9.17) is 28.2 Å². The molecule has 1 aromatic heterocycles. The van der Waals surface area contributed by atoms with Crippen LogP contribution < -0.4 is 5.32 Å². The number of halogens is 2. The van der Waals surface area contributed by atoms with Crippen LogP contribution in [0, 0.1) is 13.8 Å². The fourth-order valence-electron chi connectivity index (χ4n) is 5.29. The van der Waals surface area contributed by atoms with E-state index >= 15 is 0 Å². The van der Waals surface area contributed by atoms with Crippen molar-refractivity contribution >= 4 is 58.7 Å². The van der Waals surface area contributed by atoms with Crippen molar-refractivity contribution in [3.8, 4) is 0 Å². The Bertz CT molecular complexity index is 1550. The molecule has 5 rings (SSSR count). The van der Waals surface area contributed by atoms with Crippen molar-refractivity contribution in [2.75, 3.05) is 5.32 Å². The van der Waals surface area contributed by atoms with Gasteiger partial charge in [0.1, 0.15) is 0 Å². The number of hydrogen-bond acceptors (Lipinski definition) is 6. The molecule has 1 N–H and O–H groups in total. The number of aldehydes is 1. The summed E-state index contributed by atoms with van der Waals surface area (Å²) in [7, 11) is 0. The van der Waals surface area contributed by atoms with E-state index < -0.39 is 10.8 Å². The minimum Gasteiger partial charge on any atom is -0.357 e. The number of benzene rings is 2. The van der Waals surface area contributed by atoms with Gasteiger partial charge in [0.05, 0.1) is 17.0 Å². The van der Waals surface area contributed by atoms with Gasteiger partial charge < -0.3 is 5.32 Å². The zero-order valence-electron chi connectivity index (χ0n) is 21.6. The Hall–Kier alpha value is -3.35. The van der Waals surface area contributed by atoms with E-state index in [0.29, 0.717) is 15.6 Å². The van der Waals surface area contributed by atoms with Crippen molar-refractivity contribution in [3.05, 3.63) is 85.8 Å². The molecule has 2 aliphatic heterocycles. The Labute approximate surface area is 226 Å². The molecule has 3 heterocycles. The van der Waals surface area contributed by atoms with Gasteiger partial charge in [0.2, 0.25) is 5.95 Å². The first-order chi connectivity index (χ1) is 17.5. The maximum atomic E-state index is 12.1. The van der Waals surface area contributed by atoms with E-state index in [-0.39, 0.29) is 5.95 Å². The summed E-state index contributed by atoms with van der Waals surface area (Å²) in [6.45, 7) is 12.3. The number of anilines is 1. The highest BCUT2D eigenvalue weighted by atomic mass is 35.5. The van der Waals surface area contributed by atoms with Crippen molar-refractivity contribution in [1.29, 1.82) is 0 Å². The normalized spacial score (nSPS) is 18.3. The first-order valence-corrected chi connectivity index (χ1v) is 12.7. The van der Waals surface area contributed by atoms with E-state index in [0.717, 1.165) is 56.9 Å². The smallest absolute Gasteiger partial charge is 0.249 e. The monoisotopic (exact) mass is 531 g/mol. The highest BCUT2D eigenvalue weighted by Crippen LogP contribution is 2.49. The molecule has 0 atom stereocenters. The Morgan fingerprint density at radius 1 is 0.919 bits per heavy atom. The molecule has 2 aromatic carbocycles. The molecule has 3 aromatic rings. The lowest BCUT2D eigenvalue weighted by atomic mass is 9.79. The molecule has 0 spiro atoms. The fourth-order valence-corrected chi connectivity index (χ4v) is 6.07. The minimum atomic E-state index is -0.494. The topological polar surface area (TPSA) is 79.6 Å². The zero-order chi connectivity index (χ0) is 26.7. The Kier molecular flexibility index (Phi) is 6.08. The third kappa shape index (κ3) is 3.99. The van der Waals surface area contributed by atoms with Crippen LogP contribution in [-0.2, 0) is 15.6 Å². The standard InChI is InChI=1S/C29H27Cl2N5O/c1-15-7-9-19(30)21-23(15)35-25(28(21,3)4)17-11-32-27(33-12-17)34-13-18(14-37)26-29(5,6)22-20(31)10-8-16(2)24(22)36-26/h7-14,36H,1-6H3/b26-18+,34-13+. The molecular formula is C29H27Cl2N5O. The predicted molar refractivity (Wildman–Crippen MR) is 152 cm³/mol. The van der Waals surface area contributed by atoms with Gasteiger partial charge in [-0.25, -0.2) is 15.0 Å². The van der Waals surface area contributed by atoms with E-state index in [2.05, 4.69) is 34.1 Å².